The fourth-order valence-corrected chi connectivity index (χ4v) is 3.60. The van der Waals surface area contributed by atoms with E-state index < -0.39 is 0 Å². The third-order valence-electron chi connectivity index (χ3n) is 5.11. The quantitative estimate of drug-likeness (QED) is 0.720. The third kappa shape index (κ3) is 5.71. The van der Waals surface area contributed by atoms with E-state index in [0.29, 0.717) is 11.6 Å². The second kappa shape index (κ2) is 9.95. The normalized spacial score (nSPS) is 15.0. The van der Waals surface area contributed by atoms with Crippen LogP contribution >= 0.6 is 0 Å². The highest BCUT2D eigenvalue weighted by molar-refractivity contribution is 5.95. The highest BCUT2D eigenvalue weighted by Crippen LogP contribution is 2.19. The molecular formula is C22H29N3O2. The van der Waals surface area contributed by atoms with Crippen molar-refractivity contribution in [1.29, 1.82) is 0 Å². The van der Waals surface area contributed by atoms with Gasteiger partial charge in [-0.15, -0.1) is 0 Å². The lowest BCUT2D eigenvalue weighted by molar-refractivity contribution is 0.0933. The maximum Gasteiger partial charge on any atom is 0.251 e. The number of hydrogen-bond acceptors (Lipinski definition) is 4. The number of hydrogen-bond donors (Lipinski definition) is 2. The monoisotopic (exact) mass is 367 g/mol. The van der Waals surface area contributed by atoms with Gasteiger partial charge in [0.1, 0.15) is 11.6 Å². The van der Waals surface area contributed by atoms with Crippen LogP contribution in [0.1, 0.15) is 54.4 Å². The van der Waals surface area contributed by atoms with E-state index in [9.17, 15) is 4.79 Å². The lowest BCUT2D eigenvalue weighted by atomic mass is 10.1. The minimum Gasteiger partial charge on any atom is -0.496 e. The molecule has 3 rings (SSSR count). The minimum absolute atomic E-state index is 0.00270. The molecule has 144 valence electrons. The van der Waals surface area contributed by atoms with Crippen LogP contribution in [0.5, 0.6) is 5.75 Å². The summed E-state index contributed by atoms with van der Waals surface area (Å²) < 4.78 is 5.38. The number of amides is 1. The zero-order valence-electron chi connectivity index (χ0n) is 16.0. The Hall–Kier alpha value is -2.56. The fourth-order valence-electron chi connectivity index (χ4n) is 3.60. The fraction of sp³-hybridized carbons (Fsp3) is 0.455. The molecule has 0 radical (unpaired) electrons. The first-order chi connectivity index (χ1) is 13.3. The largest absolute Gasteiger partial charge is 0.496 e. The van der Waals surface area contributed by atoms with E-state index in [4.69, 9.17) is 4.74 Å². The maximum atomic E-state index is 12.6. The summed E-state index contributed by atoms with van der Waals surface area (Å²) >= 11 is 0. The standard InChI is InChI=1S/C22H29N3O2/c1-27-20-11-7-6-8-17(20)12-14-23-21-16-18(13-15-24-21)22(26)25-19-9-4-2-3-5-10-19/h6-8,11,13,15-16,19H,2-5,9-10,12,14H2,1H3,(H,23,24)(H,25,26). The minimum atomic E-state index is -0.00270. The summed E-state index contributed by atoms with van der Waals surface area (Å²) in [6.07, 6.45) is 9.65. The van der Waals surface area contributed by atoms with Crippen molar-refractivity contribution in [2.45, 2.75) is 51.0 Å². The highest BCUT2D eigenvalue weighted by atomic mass is 16.5. The molecule has 0 unspecified atom stereocenters. The van der Waals surface area contributed by atoms with Gasteiger partial charge < -0.3 is 15.4 Å². The molecule has 2 aromatic rings. The number of carbonyl (C=O) groups is 1. The average Bonchev–Trinajstić information content (AvgIpc) is 2.97. The molecule has 0 aliphatic heterocycles. The number of methoxy groups -OCH3 is 1. The van der Waals surface area contributed by atoms with E-state index in [0.717, 1.165) is 42.9 Å². The van der Waals surface area contributed by atoms with E-state index in [2.05, 4.69) is 21.7 Å². The molecule has 0 saturated heterocycles. The van der Waals surface area contributed by atoms with Crippen molar-refractivity contribution in [1.82, 2.24) is 10.3 Å². The Bertz CT molecular complexity index is 740. The van der Waals surface area contributed by atoms with Crippen molar-refractivity contribution < 1.29 is 9.53 Å². The van der Waals surface area contributed by atoms with Crippen molar-refractivity contribution in [2.75, 3.05) is 19.0 Å². The predicted molar refractivity (Wildman–Crippen MR) is 108 cm³/mol. The van der Waals surface area contributed by atoms with Crippen LogP contribution in [0.4, 0.5) is 5.82 Å². The number of aromatic nitrogens is 1. The predicted octanol–water partition coefficient (Wildman–Crippen LogP) is 4.20. The first kappa shape index (κ1) is 19.2. The van der Waals surface area contributed by atoms with Gasteiger partial charge >= 0.3 is 0 Å². The third-order valence-corrected chi connectivity index (χ3v) is 5.11. The van der Waals surface area contributed by atoms with Gasteiger partial charge in [0.25, 0.3) is 5.91 Å². The summed E-state index contributed by atoms with van der Waals surface area (Å²) in [5.74, 6) is 1.61. The Morgan fingerprint density at radius 2 is 1.93 bits per heavy atom. The molecule has 27 heavy (non-hydrogen) atoms. The van der Waals surface area contributed by atoms with E-state index in [1.165, 1.54) is 25.7 Å². The molecular weight excluding hydrogens is 338 g/mol. The Kier molecular flexibility index (Phi) is 7.08. The summed E-state index contributed by atoms with van der Waals surface area (Å²) in [6, 6.07) is 11.9. The van der Waals surface area contributed by atoms with Crippen LogP contribution < -0.4 is 15.4 Å². The SMILES string of the molecule is COc1ccccc1CCNc1cc(C(=O)NC2CCCCCC2)ccn1. The number of para-hydroxylation sites is 1. The van der Waals surface area contributed by atoms with Gasteiger partial charge in [-0.2, -0.15) is 0 Å². The zero-order valence-corrected chi connectivity index (χ0v) is 16.0. The molecule has 1 amide bonds. The Labute approximate surface area is 161 Å². The number of nitrogens with zero attached hydrogens (tertiary/aromatic N) is 1. The summed E-state index contributed by atoms with van der Waals surface area (Å²) in [7, 11) is 1.68. The highest BCUT2D eigenvalue weighted by Gasteiger charge is 2.16. The van der Waals surface area contributed by atoms with Gasteiger partial charge in [0.2, 0.25) is 0 Å². The number of benzene rings is 1. The van der Waals surface area contributed by atoms with Crippen molar-refractivity contribution in [2.24, 2.45) is 0 Å². The van der Waals surface area contributed by atoms with Crippen LogP contribution in [0.15, 0.2) is 42.6 Å². The Balaban J connectivity index is 1.54. The number of rotatable bonds is 7. The number of pyridine rings is 1. The molecule has 5 heteroatoms. The maximum absolute atomic E-state index is 12.6. The van der Waals surface area contributed by atoms with Crippen molar-refractivity contribution in [3.05, 3.63) is 53.7 Å². The Morgan fingerprint density at radius 3 is 2.70 bits per heavy atom. The van der Waals surface area contributed by atoms with Crippen LogP contribution in [-0.2, 0) is 6.42 Å². The second-order valence-corrected chi connectivity index (χ2v) is 7.08. The molecule has 0 bridgehead atoms. The van der Waals surface area contributed by atoms with Gasteiger partial charge in [-0.05, 0) is 43.0 Å². The average molecular weight is 367 g/mol. The summed E-state index contributed by atoms with van der Waals surface area (Å²) in [6.45, 7) is 0.723. The summed E-state index contributed by atoms with van der Waals surface area (Å²) in [5.41, 5.74) is 1.81. The molecule has 1 aliphatic carbocycles. The molecule has 1 heterocycles. The van der Waals surface area contributed by atoms with Crippen molar-refractivity contribution >= 4 is 11.7 Å². The van der Waals surface area contributed by atoms with Gasteiger partial charge in [-0.3, -0.25) is 4.79 Å². The van der Waals surface area contributed by atoms with E-state index in [-0.39, 0.29) is 5.91 Å². The molecule has 1 aromatic carbocycles. The van der Waals surface area contributed by atoms with Gasteiger partial charge in [-0.1, -0.05) is 43.9 Å². The molecule has 0 atom stereocenters. The lowest BCUT2D eigenvalue weighted by Gasteiger charge is -2.16. The van der Waals surface area contributed by atoms with Crippen LogP contribution in [-0.4, -0.2) is 30.6 Å². The number of carbonyl (C=O) groups excluding carboxylic acids is 1. The summed E-state index contributed by atoms with van der Waals surface area (Å²) in [4.78, 5) is 16.9. The van der Waals surface area contributed by atoms with Gasteiger partial charge in [0.15, 0.2) is 0 Å². The van der Waals surface area contributed by atoms with Crippen molar-refractivity contribution in [3.63, 3.8) is 0 Å². The first-order valence-corrected chi connectivity index (χ1v) is 9.89. The molecule has 0 spiro atoms. The number of nitrogens with one attached hydrogen (secondary N) is 2. The van der Waals surface area contributed by atoms with Gasteiger partial charge in [0, 0.05) is 24.3 Å². The van der Waals surface area contributed by atoms with Crippen LogP contribution in [0.2, 0.25) is 0 Å². The van der Waals surface area contributed by atoms with Crippen LogP contribution in [0, 0.1) is 0 Å². The molecule has 1 aromatic heterocycles. The van der Waals surface area contributed by atoms with E-state index in [1.54, 1.807) is 19.4 Å². The lowest BCUT2D eigenvalue weighted by Crippen LogP contribution is -2.34. The molecule has 1 aliphatic rings. The van der Waals surface area contributed by atoms with E-state index in [1.807, 2.05) is 24.3 Å². The smallest absolute Gasteiger partial charge is 0.251 e. The molecule has 1 fully saturated rings. The van der Waals surface area contributed by atoms with Crippen LogP contribution in [0.25, 0.3) is 0 Å². The molecule has 5 nitrogen and oxygen atoms in total. The summed E-state index contributed by atoms with van der Waals surface area (Å²) in [5, 5.41) is 6.50. The van der Waals surface area contributed by atoms with Gasteiger partial charge in [-0.25, -0.2) is 4.98 Å². The topological polar surface area (TPSA) is 63.2 Å². The van der Waals surface area contributed by atoms with Crippen molar-refractivity contribution in [3.8, 4) is 5.75 Å². The number of anilines is 1. The number of ether oxygens (including phenoxy) is 1. The van der Waals surface area contributed by atoms with E-state index >= 15 is 0 Å². The Morgan fingerprint density at radius 1 is 1.15 bits per heavy atom. The van der Waals surface area contributed by atoms with Crippen LogP contribution in [0.3, 0.4) is 0 Å². The molecule has 1 saturated carbocycles. The van der Waals surface area contributed by atoms with Gasteiger partial charge in [0.05, 0.1) is 7.11 Å². The zero-order chi connectivity index (χ0) is 18.9. The first-order valence-electron chi connectivity index (χ1n) is 9.89. The second-order valence-electron chi connectivity index (χ2n) is 7.08. The molecule has 2 N–H and O–H groups in total.